The molecule has 2 unspecified atom stereocenters. The van der Waals surface area contributed by atoms with E-state index in [1.165, 1.54) is 18.2 Å². The number of hydrogen-bond acceptors (Lipinski definition) is 6. The van der Waals surface area contributed by atoms with Crippen molar-refractivity contribution in [2.45, 2.75) is 43.3 Å². The van der Waals surface area contributed by atoms with Crippen molar-refractivity contribution < 1.29 is 24.1 Å². The van der Waals surface area contributed by atoms with E-state index in [1.807, 2.05) is 12.1 Å². The van der Waals surface area contributed by atoms with Crippen LogP contribution in [0.25, 0.3) is 0 Å². The molecule has 134 valence electrons. The fourth-order valence-electron chi connectivity index (χ4n) is 3.42. The van der Waals surface area contributed by atoms with E-state index >= 15 is 0 Å². The van der Waals surface area contributed by atoms with Gasteiger partial charge in [-0.2, -0.15) is 11.8 Å². The Labute approximate surface area is 147 Å². The summed E-state index contributed by atoms with van der Waals surface area (Å²) in [7, 11) is 4.82. The summed E-state index contributed by atoms with van der Waals surface area (Å²) in [5.41, 5.74) is 1.06. The van der Waals surface area contributed by atoms with Gasteiger partial charge < -0.3 is 24.1 Å². The van der Waals surface area contributed by atoms with E-state index < -0.39 is 5.97 Å². The molecule has 0 radical (unpaired) electrons. The molecule has 2 rings (SSSR count). The van der Waals surface area contributed by atoms with Crippen molar-refractivity contribution >= 4 is 17.7 Å². The number of thioether (sulfide) groups is 1. The first-order valence-corrected chi connectivity index (χ1v) is 9.27. The lowest BCUT2D eigenvalue weighted by atomic mass is 9.90. The number of aliphatic carboxylic acids is 1. The van der Waals surface area contributed by atoms with Gasteiger partial charge >= 0.3 is 0 Å². The summed E-state index contributed by atoms with van der Waals surface area (Å²) < 4.78 is 16.5. The second kappa shape index (κ2) is 9.06. The number of carbonyl (C=O) groups excluding carboxylic acids is 1. The minimum Gasteiger partial charge on any atom is -0.549 e. The van der Waals surface area contributed by atoms with Crippen molar-refractivity contribution in [2.24, 2.45) is 0 Å². The Hall–Kier alpha value is -1.56. The standard InChI is InChI=1S/C18H26O5S/c1-21-14-10-9-13(17(22-2)18(14)23-3)12-7-5-4-6-8-15(12)24-11-16(19)20/h9-10,12,15H,4-8,11H2,1-3H3,(H,19,20)/p-1. The van der Waals surface area contributed by atoms with Crippen LogP contribution in [0, 0.1) is 0 Å². The fourth-order valence-corrected chi connectivity index (χ4v) is 4.62. The van der Waals surface area contributed by atoms with Crippen LogP contribution in [0.15, 0.2) is 12.1 Å². The summed E-state index contributed by atoms with van der Waals surface area (Å²) in [6.07, 6.45) is 5.44. The first-order chi connectivity index (χ1) is 11.6. The molecule has 0 saturated heterocycles. The molecule has 1 aromatic rings. The van der Waals surface area contributed by atoms with Crippen LogP contribution in [0.4, 0.5) is 0 Å². The van der Waals surface area contributed by atoms with Crippen LogP contribution in [0.2, 0.25) is 0 Å². The van der Waals surface area contributed by atoms with Crippen LogP contribution in [-0.2, 0) is 4.79 Å². The Morgan fingerprint density at radius 1 is 1.08 bits per heavy atom. The molecule has 0 amide bonds. The smallest absolute Gasteiger partial charge is 0.203 e. The van der Waals surface area contributed by atoms with Crippen LogP contribution in [-0.4, -0.2) is 38.3 Å². The van der Waals surface area contributed by atoms with Crippen LogP contribution >= 0.6 is 11.8 Å². The maximum atomic E-state index is 10.9. The largest absolute Gasteiger partial charge is 0.549 e. The van der Waals surface area contributed by atoms with Gasteiger partial charge in [0.05, 0.1) is 27.3 Å². The topological polar surface area (TPSA) is 67.8 Å². The van der Waals surface area contributed by atoms with Crippen LogP contribution < -0.4 is 19.3 Å². The van der Waals surface area contributed by atoms with Crippen molar-refractivity contribution in [3.63, 3.8) is 0 Å². The highest BCUT2D eigenvalue weighted by atomic mass is 32.2. The molecule has 1 aliphatic carbocycles. The van der Waals surface area contributed by atoms with Crippen molar-refractivity contribution in [3.05, 3.63) is 17.7 Å². The Morgan fingerprint density at radius 3 is 2.42 bits per heavy atom. The molecule has 1 aromatic carbocycles. The van der Waals surface area contributed by atoms with E-state index in [0.717, 1.165) is 31.2 Å². The molecule has 1 fully saturated rings. The van der Waals surface area contributed by atoms with E-state index in [4.69, 9.17) is 14.2 Å². The average Bonchev–Trinajstić information content (AvgIpc) is 2.83. The molecule has 0 bridgehead atoms. The van der Waals surface area contributed by atoms with Gasteiger partial charge in [-0.05, 0) is 24.8 Å². The quantitative estimate of drug-likeness (QED) is 0.702. The van der Waals surface area contributed by atoms with Gasteiger partial charge in [-0.25, -0.2) is 0 Å². The zero-order chi connectivity index (χ0) is 17.5. The molecule has 24 heavy (non-hydrogen) atoms. The number of methoxy groups -OCH3 is 3. The number of ether oxygens (including phenoxy) is 3. The van der Waals surface area contributed by atoms with E-state index in [2.05, 4.69) is 0 Å². The van der Waals surface area contributed by atoms with Gasteiger partial charge in [-0.3, -0.25) is 0 Å². The molecule has 1 saturated carbocycles. The molecule has 0 aromatic heterocycles. The molecule has 1 aliphatic rings. The van der Waals surface area contributed by atoms with E-state index in [1.54, 1.807) is 21.3 Å². The predicted octanol–water partition coefficient (Wildman–Crippen LogP) is 2.61. The number of benzene rings is 1. The minimum absolute atomic E-state index is 0.0246. The van der Waals surface area contributed by atoms with E-state index in [9.17, 15) is 9.90 Å². The first kappa shape index (κ1) is 18.8. The van der Waals surface area contributed by atoms with Crippen LogP contribution in [0.1, 0.15) is 43.6 Å². The number of carboxylic acid groups (broad SMARTS) is 1. The maximum absolute atomic E-state index is 10.9. The zero-order valence-electron chi connectivity index (χ0n) is 14.5. The molecular formula is C18H25O5S-. The highest BCUT2D eigenvalue weighted by molar-refractivity contribution is 8.00. The van der Waals surface area contributed by atoms with Gasteiger partial charge in [0, 0.05) is 16.6 Å². The molecule has 0 aliphatic heterocycles. The Bertz CT molecular complexity index is 561. The Morgan fingerprint density at radius 2 is 1.79 bits per heavy atom. The van der Waals surface area contributed by atoms with E-state index in [0.29, 0.717) is 17.2 Å². The predicted molar refractivity (Wildman–Crippen MR) is 93.2 cm³/mol. The molecule has 0 spiro atoms. The molecule has 2 atom stereocenters. The van der Waals surface area contributed by atoms with Gasteiger partial charge in [0.25, 0.3) is 0 Å². The summed E-state index contributed by atoms with van der Waals surface area (Å²) in [5.74, 6) is 1.14. The van der Waals surface area contributed by atoms with Crippen LogP contribution in [0.3, 0.4) is 0 Å². The van der Waals surface area contributed by atoms with Crippen LogP contribution in [0.5, 0.6) is 17.2 Å². The van der Waals surface area contributed by atoms with E-state index in [-0.39, 0.29) is 16.9 Å². The number of rotatable bonds is 7. The third kappa shape index (κ3) is 4.29. The first-order valence-electron chi connectivity index (χ1n) is 8.22. The van der Waals surface area contributed by atoms with Crippen molar-refractivity contribution in [3.8, 4) is 17.2 Å². The Kier molecular flexibility index (Phi) is 7.09. The van der Waals surface area contributed by atoms with Gasteiger partial charge in [0.1, 0.15) is 0 Å². The van der Waals surface area contributed by atoms with Crippen molar-refractivity contribution in [1.29, 1.82) is 0 Å². The summed E-state index contributed by atoms with van der Waals surface area (Å²) in [6, 6.07) is 3.91. The fraction of sp³-hybridized carbons (Fsp3) is 0.611. The highest BCUT2D eigenvalue weighted by Crippen LogP contribution is 2.48. The Balaban J connectivity index is 2.39. The lowest BCUT2D eigenvalue weighted by molar-refractivity contribution is -0.301. The van der Waals surface area contributed by atoms with Gasteiger partial charge in [0.2, 0.25) is 5.75 Å². The molecular weight excluding hydrogens is 328 g/mol. The minimum atomic E-state index is -1.01. The zero-order valence-corrected chi connectivity index (χ0v) is 15.3. The lowest BCUT2D eigenvalue weighted by Crippen LogP contribution is -2.27. The second-order valence-corrected chi connectivity index (χ2v) is 7.12. The number of carboxylic acids is 1. The summed E-state index contributed by atoms with van der Waals surface area (Å²) in [4.78, 5) is 10.9. The average molecular weight is 353 g/mol. The number of carbonyl (C=O) groups is 1. The van der Waals surface area contributed by atoms with Gasteiger partial charge in [-0.1, -0.05) is 25.3 Å². The van der Waals surface area contributed by atoms with Crippen molar-refractivity contribution in [2.75, 3.05) is 27.1 Å². The molecule has 0 heterocycles. The second-order valence-electron chi connectivity index (χ2n) is 5.89. The van der Waals surface area contributed by atoms with Crippen molar-refractivity contribution in [1.82, 2.24) is 0 Å². The number of hydrogen-bond donors (Lipinski definition) is 0. The maximum Gasteiger partial charge on any atom is 0.203 e. The normalized spacial score (nSPS) is 21.0. The summed E-state index contributed by atoms with van der Waals surface area (Å²) in [6.45, 7) is 0. The lowest BCUT2D eigenvalue weighted by Gasteiger charge is -2.28. The molecule has 0 N–H and O–H groups in total. The monoisotopic (exact) mass is 353 g/mol. The SMILES string of the molecule is COc1ccc(C2CCCCCC2SCC(=O)[O-])c(OC)c1OC. The summed E-state index contributed by atoms with van der Waals surface area (Å²) >= 11 is 1.47. The van der Waals surface area contributed by atoms with Gasteiger partial charge in [-0.15, -0.1) is 0 Å². The third-order valence-electron chi connectivity index (χ3n) is 4.50. The highest BCUT2D eigenvalue weighted by Gasteiger charge is 2.30. The molecule has 5 nitrogen and oxygen atoms in total. The third-order valence-corrected chi connectivity index (χ3v) is 5.90. The molecule has 6 heteroatoms. The van der Waals surface area contributed by atoms with Gasteiger partial charge in [0.15, 0.2) is 11.5 Å². The summed E-state index contributed by atoms with van der Waals surface area (Å²) in [5, 5.41) is 11.1.